The van der Waals surface area contributed by atoms with E-state index in [1.807, 2.05) is 0 Å². The van der Waals surface area contributed by atoms with Crippen molar-refractivity contribution in [2.24, 2.45) is 11.8 Å². The number of aryl methyl sites for hydroxylation is 3. The molecule has 3 nitrogen and oxygen atoms in total. The first kappa shape index (κ1) is 19.4. The second-order valence-electron chi connectivity index (χ2n) is 7.41. The van der Waals surface area contributed by atoms with E-state index in [0.717, 1.165) is 44.9 Å². The molecule has 1 aromatic rings. The van der Waals surface area contributed by atoms with Crippen LogP contribution in [0.3, 0.4) is 0 Å². The SMILES string of the molecule is Cc1cc(C)cc(CC[C@H]2C(=O)C=C[C@@H]2CCCCCCC(=O)O)c1. The second-order valence-corrected chi connectivity index (χ2v) is 7.41. The Morgan fingerprint density at radius 1 is 1.00 bits per heavy atom. The quantitative estimate of drug-likeness (QED) is 0.607. The molecule has 0 bridgehead atoms. The maximum absolute atomic E-state index is 12.2. The van der Waals surface area contributed by atoms with Gasteiger partial charge in [0, 0.05) is 12.3 Å². The number of hydrogen-bond donors (Lipinski definition) is 1. The normalized spacial score (nSPS) is 19.5. The fourth-order valence-electron chi connectivity index (χ4n) is 3.89. The summed E-state index contributed by atoms with van der Waals surface area (Å²) in [6, 6.07) is 6.62. The number of carbonyl (C=O) groups is 2. The molecule has 1 aliphatic carbocycles. The smallest absolute Gasteiger partial charge is 0.303 e. The first-order chi connectivity index (χ1) is 12.0. The molecule has 0 saturated heterocycles. The summed E-state index contributed by atoms with van der Waals surface area (Å²) in [5.41, 5.74) is 3.89. The molecule has 0 aliphatic heterocycles. The number of allylic oxidation sites excluding steroid dienone is 2. The van der Waals surface area contributed by atoms with Gasteiger partial charge < -0.3 is 5.11 Å². The molecule has 2 rings (SSSR count). The van der Waals surface area contributed by atoms with Crippen molar-refractivity contribution in [2.45, 2.75) is 65.2 Å². The van der Waals surface area contributed by atoms with Crippen LogP contribution in [0, 0.1) is 25.7 Å². The van der Waals surface area contributed by atoms with E-state index in [-0.39, 0.29) is 18.1 Å². The van der Waals surface area contributed by atoms with Gasteiger partial charge in [0.1, 0.15) is 0 Å². The molecule has 1 N–H and O–H groups in total. The van der Waals surface area contributed by atoms with E-state index >= 15 is 0 Å². The average Bonchev–Trinajstić information content (AvgIpc) is 2.87. The van der Waals surface area contributed by atoms with Gasteiger partial charge in [-0.1, -0.05) is 54.7 Å². The minimum atomic E-state index is -0.712. The Balaban J connectivity index is 1.76. The van der Waals surface area contributed by atoms with Crippen LogP contribution in [0.2, 0.25) is 0 Å². The largest absolute Gasteiger partial charge is 0.481 e. The Bertz CT molecular complexity index is 610. The van der Waals surface area contributed by atoms with E-state index in [9.17, 15) is 9.59 Å². The molecule has 0 heterocycles. The molecule has 0 saturated carbocycles. The number of benzene rings is 1. The number of rotatable bonds is 10. The lowest BCUT2D eigenvalue weighted by Gasteiger charge is -2.18. The summed E-state index contributed by atoms with van der Waals surface area (Å²) in [5.74, 6) is 0.0498. The van der Waals surface area contributed by atoms with E-state index in [0.29, 0.717) is 5.92 Å². The van der Waals surface area contributed by atoms with Crippen LogP contribution in [0.4, 0.5) is 0 Å². The van der Waals surface area contributed by atoms with Crippen LogP contribution in [0.5, 0.6) is 0 Å². The number of carboxylic acids is 1. The highest BCUT2D eigenvalue weighted by molar-refractivity contribution is 5.94. The van der Waals surface area contributed by atoms with E-state index in [2.05, 4.69) is 38.1 Å². The van der Waals surface area contributed by atoms with Gasteiger partial charge in [0.25, 0.3) is 0 Å². The molecule has 1 aliphatic rings. The zero-order chi connectivity index (χ0) is 18.2. The summed E-state index contributed by atoms with van der Waals surface area (Å²) in [7, 11) is 0. The minimum Gasteiger partial charge on any atom is -0.481 e. The third-order valence-corrected chi connectivity index (χ3v) is 5.09. The van der Waals surface area contributed by atoms with Gasteiger partial charge >= 0.3 is 5.97 Å². The van der Waals surface area contributed by atoms with E-state index in [1.165, 1.54) is 16.7 Å². The standard InChI is InChI=1S/C22H30O3/c1-16-13-17(2)15-18(14-16)9-11-20-19(10-12-21(20)23)7-5-3-4-6-8-22(24)25/h10,12-15,19-20H,3-9,11H2,1-2H3,(H,24,25)/t19-,20+/m0/s1. The predicted molar refractivity (Wildman–Crippen MR) is 101 cm³/mol. The summed E-state index contributed by atoms with van der Waals surface area (Å²) >= 11 is 0. The third kappa shape index (κ3) is 6.49. The van der Waals surface area contributed by atoms with E-state index in [4.69, 9.17) is 5.11 Å². The Labute approximate surface area is 151 Å². The number of carbonyl (C=O) groups excluding carboxylic acids is 1. The van der Waals surface area contributed by atoms with Gasteiger partial charge in [0.15, 0.2) is 5.78 Å². The molecular weight excluding hydrogens is 312 g/mol. The lowest BCUT2D eigenvalue weighted by Crippen LogP contribution is -2.17. The van der Waals surface area contributed by atoms with Gasteiger partial charge in [-0.2, -0.15) is 0 Å². The van der Waals surface area contributed by atoms with Gasteiger partial charge in [-0.05, 0) is 57.1 Å². The van der Waals surface area contributed by atoms with Crippen LogP contribution in [0.25, 0.3) is 0 Å². The highest BCUT2D eigenvalue weighted by Gasteiger charge is 2.29. The molecule has 0 radical (unpaired) electrons. The predicted octanol–water partition coefficient (Wildman–Crippen LogP) is 5.03. The van der Waals surface area contributed by atoms with Crippen molar-refractivity contribution < 1.29 is 14.7 Å². The molecule has 0 amide bonds. The lowest BCUT2D eigenvalue weighted by atomic mass is 9.85. The van der Waals surface area contributed by atoms with E-state index < -0.39 is 5.97 Å². The molecular formula is C22H30O3. The van der Waals surface area contributed by atoms with Crippen molar-refractivity contribution in [1.29, 1.82) is 0 Å². The van der Waals surface area contributed by atoms with Gasteiger partial charge in [-0.15, -0.1) is 0 Å². The van der Waals surface area contributed by atoms with Crippen LogP contribution in [0.15, 0.2) is 30.4 Å². The summed E-state index contributed by atoms with van der Waals surface area (Å²) in [6.07, 6.45) is 10.9. The Morgan fingerprint density at radius 2 is 1.68 bits per heavy atom. The number of hydrogen-bond acceptors (Lipinski definition) is 2. The van der Waals surface area contributed by atoms with E-state index in [1.54, 1.807) is 6.08 Å². The van der Waals surface area contributed by atoms with Crippen LogP contribution in [-0.4, -0.2) is 16.9 Å². The highest BCUT2D eigenvalue weighted by Crippen LogP contribution is 2.31. The van der Waals surface area contributed by atoms with Gasteiger partial charge in [-0.25, -0.2) is 0 Å². The van der Waals surface area contributed by atoms with Crippen molar-refractivity contribution in [3.8, 4) is 0 Å². The monoisotopic (exact) mass is 342 g/mol. The molecule has 1 aromatic carbocycles. The molecule has 136 valence electrons. The van der Waals surface area contributed by atoms with Gasteiger partial charge in [0.2, 0.25) is 0 Å². The minimum absolute atomic E-state index is 0.125. The fraction of sp³-hybridized carbons (Fsp3) is 0.545. The second kappa shape index (κ2) is 9.55. The van der Waals surface area contributed by atoms with Crippen molar-refractivity contribution in [3.05, 3.63) is 47.0 Å². The molecule has 2 atom stereocenters. The number of ketones is 1. The van der Waals surface area contributed by atoms with Crippen LogP contribution in [-0.2, 0) is 16.0 Å². The Hall–Kier alpha value is -1.90. The summed E-state index contributed by atoms with van der Waals surface area (Å²) in [5, 5.41) is 8.65. The van der Waals surface area contributed by atoms with Gasteiger partial charge in [0.05, 0.1) is 0 Å². The highest BCUT2D eigenvalue weighted by atomic mass is 16.4. The van der Waals surface area contributed by atoms with Crippen molar-refractivity contribution >= 4 is 11.8 Å². The van der Waals surface area contributed by atoms with Crippen molar-refractivity contribution in [2.75, 3.05) is 0 Å². The molecule has 0 unspecified atom stereocenters. The number of unbranched alkanes of at least 4 members (excludes halogenated alkanes) is 3. The molecule has 0 fully saturated rings. The number of carboxylic acid groups (broad SMARTS) is 1. The average molecular weight is 342 g/mol. The van der Waals surface area contributed by atoms with Crippen molar-refractivity contribution in [1.82, 2.24) is 0 Å². The van der Waals surface area contributed by atoms with Crippen molar-refractivity contribution in [3.63, 3.8) is 0 Å². The Kier molecular flexibility index (Phi) is 7.42. The lowest BCUT2D eigenvalue weighted by molar-refractivity contribution is -0.137. The zero-order valence-corrected chi connectivity index (χ0v) is 15.5. The van der Waals surface area contributed by atoms with Crippen LogP contribution >= 0.6 is 0 Å². The topological polar surface area (TPSA) is 54.4 Å². The summed E-state index contributed by atoms with van der Waals surface area (Å²) in [6.45, 7) is 4.23. The molecule has 0 spiro atoms. The molecule has 0 aromatic heterocycles. The van der Waals surface area contributed by atoms with Gasteiger partial charge in [-0.3, -0.25) is 9.59 Å². The van der Waals surface area contributed by atoms with Crippen LogP contribution in [0.1, 0.15) is 61.6 Å². The first-order valence-electron chi connectivity index (χ1n) is 9.46. The number of aliphatic carboxylic acids is 1. The maximum Gasteiger partial charge on any atom is 0.303 e. The summed E-state index contributed by atoms with van der Waals surface area (Å²) in [4.78, 5) is 22.7. The third-order valence-electron chi connectivity index (χ3n) is 5.09. The fourth-order valence-corrected chi connectivity index (χ4v) is 3.89. The zero-order valence-electron chi connectivity index (χ0n) is 15.5. The maximum atomic E-state index is 12.2. The summed E-state index contributed by atoms with van der Waals surface area (Å²) < 4.78 is 0. The molecule has 3 heteroatoms. The van der Waals surface area contributed by atoms with Crippen LogP contribution < -0.4 is 0 Å². The first-order valence-corrected chi connectivity index (χ1v) is 9.46. The molecule has 25 heavy (non-hydrogen) atoms. The Morgan fingerprint density at radius 3 is 2.36 bits per heavy atom.